The van der Waals surface area contributed by atoms with Gasteiger partial charge in [-0.05, 0) is 40.8 Å². The van der Waals surface area contributed by atoms with Gasteiger partial charge < -0.3 is 15.4 Å². The smallest absolute Gasteiger partial charge is 0.191 e. The van der Waals surface area contributed by atoms with Crippen molar-refractivity contribution in [3.05, 3.63) is 0 Å². The molecule has 0 aromatic heterocycles. The van der Waals surface area contributed by atoms with Gasteiger partial charge in [-0.3, -0.25) is 9.89 Å². The van der Waals surface area contributed by atoms with Crippen molar-refractivity contribution >= 4 is 5.96 Å². The van der Waals surface area contributed by atoms with Crippen LogP contribution in [0.2, 0.25) is 0 Å². The van der Waals surface area contributed by atoms with Gasteiger partial charge in [-0.1, -0.05) is 13.8 Å². The van der Waals surface area contributed by atoms with Gasteiger partial charge in [-0.25, -0.2) is 0 Å². The summed E-state index contributed by atoms with van der Waals surface area (Å²) in [6.07, 6.45) is 0. The van der Waals surface area contributed by atoms with E-state index in [-0.39, 0.29) is 5.60 Å². The SMILES string of the molecule is CCNC(=NCC(C)(C)OC)NCC(C)N(CC)CC. The zero-order chi connectivity index (χ0) is 15.6. The van der Waals surface area contributed by atoms with Crippen LogP contribution in [0.5, 0.6) is 0 Å². The molecule has 5 nitrogen and oxygen atoms in total. The van der Waals surface area contributed by atoms with Gasteiger partial charge in [0, 0.05) is 26.2 Å². The summed E-state index contributed by atoms with van der Waals surface area (Å²) < 4.78 is 5.39. The predicted molar refractivity (Wildman–Crippen MR) is 87.5 cm³/mol. The fourth-order valence-electron chi connectivity index (χ4n) is 1.90. The predicted octanol–water partition coefficient (Wildman–Crippen LogP) is 1.70. The van der Waals surface area contributed by atoms with Crippen LogP contribution in [-0.4, -0.2) is 62.3 Å². The van der Waals surface area contributed by atoms with E-state index in [0.29, 0.717) is 12.6 Å². The lowest BCUT2D eigenvalue weighted by molar-refractivity contribution is 0.0310. The summed E-state index contributed by atoms with van der Waals surface area (Å²) in [5.41, 5.74) is -0.229. The van der Waals surface area contributed by atoms with Gasteiger partial charge in [-0.15, -0.1) is 0 Å². The summed E-state index contributed by atoms with van der Waals surface area (Å²) in [6.45, 7) is 17.3. The number of guanidine groups is 1. The Morgan fingerprint density at radius 3 is 2.25 bits per heavy atom. The maximum absolute atomic E-state index is 5.39. The third-order valence-corrected chi connectivity index (χ3v) is 3.52. The molecule has 0 saturated heterocycles. The molecule has 0 aliphatic rings. The third kappa shape index (κ3) is 7.70. The Bertz CT molecular complexity index is 275. The topological polar surface area (TPSA) is 48.9 Å². The van der Waals surface area contributed by atoms with Crippen LogP contribution in [-0.2, 0) is 4.74 Å². The summed E-state index contributed by atoms with van der Waals surface area (Å²) >= 11 is 0. The van der Waals surface area contributed by atoms with E-state index in [0.717, 1.165) is 32.1 Å². The molecule has 120 valence electrons. The van der Waals surface area contributed by atoms with Crippen LogP contribution in [0.4, 0.5) is 0 Å². The summed E-state index contributed by atoms with van der Waals surface area (Å²) in [5.74, 6) is 0.858. The van der Waals surface area contributed by atoms with Gasteiger partial charge in [0.2, 0.25) is 0 Å². The van der Waals surface area contributed by atoms with E-state index in [4.69, 9.17) is 4.74 Å². The first-order chi connectivity index (χ1) is 9.40. The zero-order valence-electron chi connectivity index (χ0n) is 14.4. The number of hydrogen-bond acceptors (Lipinski definition) is 3. The highest BCUT2D eigenvalue weighted by molar-refractivity contribution is 5.79. The van der Waals surface area contributed by atoms with E-state index in [1.54, 1.807) is 7.11 Å². The fourth-order valence-corrected chi connectivity index (χ4v) is 1.90. The van der Waals surface area contributed by atoms with Crippen molar-refractivity contribution in [3.8, 4) is 0 Å². The lowest BCUT2D eigenvalue weighted by Crippen LogP contribution is -2.46. The second-order valence-electron chi connectivity index (χ2n) is 5.61. The molecule has 0 fully saturated rings. The molecule has 0 spiro atoms. The minimum Gasteiger partial charge on any atom is -0.377 e. The van der Waals surface area contributed by atoms with Crippen molar-refractivity contribution in [3.63, 3.8) is 0 Å². The van der Waals surface area contributed by atoms with Crippen molar-refractivity contribution < 1.29 is 4.74 Å². The first kappa shape index (κ1) is 19.2. The fraction of sp³-hybridized carbons (Fsp3) is 0.933. The van der Waals surface area contributed by atoms with Crippen LogP contribution in [0.3, 0.4) is 0 Å². The van der Waals surface area contributed by atoms with Gasteiger partial charge in [0.05, 0.1) is 12.1 Å². The van der Waals surface area contributed by atoms with Crippen LogP contribution in [0, 0.1) is 0 Å². The maximum atomic E-state index is 5.39. The molecule has 0 aliphatic carbocycles. The van der Waals surface area contributed by atoms with Crippen LogP contribution in [0.15, 0.2) is 4.99 Å². The molecule has 5 heteroatoms. The average molecular weight is 286 g/mol. The van der Waals surface area contributed by atoms with Crippen LogP contribution >= 0.6 is 0 Å². The average Bonchev–Trinajstić information content (AvgIpc) is 2.43. The Hall–Kier alpha value is -0.810. The van der Waals surface area contributed by atoms with Gasteiger partial charge in [-0.2, -0.15) is 0 Å². The first-order valence-electron chi connectivity index (χ1n) is 7.71. The van der Waals surface area contributed by atoms with Crippen LogP contribution in [0.25, 0.3) is 0 Å². The summed E-state index contributed by atoms with van der Waals surface area (Å²) in [5, 5.41) is 6.68. The molecule has 0 saturated carbocycles. The van der Waals surface area contributed by atoms with Crippen LogP contribution in [0.1, 0.15) is 41.5 Å². The molecular formula is C15H34N4O. The molecule has 0 aromatic rings. The van der Waals surface area contributed by atoms with Gasteiger partial charge >= 0.3 is 0 Å². The Kier molecular flexibility index (Phi) is 9.59. The molecule has 1 unspecified atom stereocenters. The largest absolute Gasteiger partial charge is 0.377 e. The van der Waals surface area contributed by atoms with Crippen molar-refractivity contribution in [1.29, 1.82) is 0 Å². The third-order valence-electron chi connectivity index (χ3n) is 3.52. The number of hydrogen-bond donors (Lipinski definition) is 2. The highest BCUT2D eigenvalue weighted by Crippen LogP contribution is 2.07. The molecule has 0 amide bonds. The van der Waals surface area contributed by atoms with Crippen molar-refractivity contribution in [2.24, 2.45) is 4.99 Å². The highest BCUT2D eigenvalue weighted by atomic mass is 16.5. The van der Waals surface area contributed by atoms with Gasteiger partial charge in [0.1, 0.15) is 0 Å². The van der Waals surface area contributed by atoms with Gasteiger partial charge in [0.25, 0.3) is 0 Å². The minimum absolute atomic E-state index is 0.229. The molecule has 0 heterocycles. The Morgan fingerprint density at radius 2 is 1.80 bits per heavy atom. The summed E-state index contributed by atoms with van der Waals surface area (Å²) in [7, 11) is 1.72. The van der Waals surface area contributed by atoms with E-state index >= 15 is 0 Å². The van der Waals surface area contributed by atoms with Crippen molar-refractivity contribution in [1.82, 2.24) is 15.5 Å². The number of nitrogens with zero attached hydrogens (tertiary/aromatic N) is 2. The van der Waals surface area contributed by atoms with Crippen molar-refractivity contribution in [2.75, 3.05) is 39.8 Å². The van der Waals surface area contributed by atoms with E-state index in [1.807, 2.05) is 13.8 Å². The van der Waals surface area contributed by atoms with E-state index in [2.05, 4.69) is 48.2 Å². The first-order valence-corrected chi connectivity index (χ1v) is 7.71. The molecule has 0 radical (unpaired) electrons. The second kappa shape index (κ2) is 10.00. The highest BCUT2D eigenvalue weighted by Gasteiger charge is 2.16. The molecular weight excluding hydrogens is 252 g/mol. The standard InChI is InChI=1S/C15H34N4O/c1-8-16-14(18-12-15(5,6)20-7)17-11-13(4)19(9-2)10-3/h13H,8-12H2,1-7H3,(H2,16,17,18). The minimum atomic E-state index is -0.229. The summed E-state index contributed by atoms with van der Waals surface area (Å²) in [4.78, 5) is 7.02. The molecule has 2 N–H and O–H groups in total. The monoisotopic (exact) mass is 286 g/mol. The molecule has 20 heavy (non-hydrogen) atoms. The zero-order valence-corrected chi connectivity index (χ0v) is 14.4. The van der Waals surface area contributed by atoms with Crippen LogP contribution < -0.4 is 10.6 Å². The maximum Gasteiger partial charge on any atom is 0.191 e. The number of nitrogens with one attached hydrogen (secondary N) is 2. The van der Waals surface area contributed by atoms with Crippen molar-refractivity contribution in [2.45, 2.75) is 53.2 Å². The number of aliphatic imine (C=N–C) groups is 1. The Morgan fingerprint density at radius 1 is 1.20 bits per heavy atom. The normalized spacial score (nSPS) is 14.5. The molecule has 0 aliphatic heterocycles. The molecule has 0 aromatic carbocycles. The molecule has 0 rings (SSSR count). The van der Waals surface area contributed by atoms with E-state index in [9.17, 15) is 0 Å². The van der Waals surface area contributed by atoms with Gasteiger partial charge in [0.15, 0.2) is 5.96 Å². The number of rotatable bonds is 9. The Balaban J connectivity index is 4.43. The number of methoxy groups -OCH3 is 1. The number of ether oxygens (including phenoxy) is 1. The second-order valence-corrected chi connectivity index (χ2v) is 5.61. The molecule has 0 bridgehead atoms. The number of likely N-dealkylation sites (N-methyl/N-ethyl adjacent to an activating group) is 1. The lowest BCUT2D eigenvalue weighted by atomic mass is 10.1. The quantitative estimate of drug-likeness (QED) is 0.500. The Labute approximate surface area is 125 Å². The summed E-state index contributed by atoms with van der Waals surface area (Å²) in [6, 6.07) is 0.490. The molecule has 1 atom stereocenters. The van der Waals surface area contributed by atoms with E-state index < -0.39 is 0 Å². The van der Waals surface area contributed by atoms with E-state index in [1.165, 1.54) is 0 Å². The lowest BCUT2D eigenvalue weighted by Gasteiger charge is -2.27.